The zero-order valence-corrected chi connectivity index (χ0v) is 14.8. The molecule has 0 spiro atoms. The number of carbonyl (C=O) groups excluding carboxylic acids is 1. The second-order valence-corrected chi connectivity index (χ2v) is 7.80. The van der Waals surface area contributed by atoms with Crippen LogP contribution in [0.25, 0.3) is 0 Å². The molecule has 0 saturated heterocycles. The normalized spacial score (nSPS) is 22.5. The smallest absolute Gasteiger partial charge is 0.276 e. The van der Waals surface area contributed by atoms with Crippen molar-refractivity contribution in [1.82, 2.24) is 19.8 Å². The van der Waals surface area contributed by atoms with E-state index in [4.69, 9.17) is 9.26 Å². The van der Waals surface area contributed by atoms with Gasteiger partial charge in [-0.1, -0.05) is 5.16 Å². The van der Waals surface area contributed by atoms with Gasteiger partial charge in [0.25, 0.3) is 5.91 Å². The minimum Gasteiger partial charge on any atom is -0.381 e. The van der Waals surface area contributed by atoms with Crippen molar-refractivity contribution in [3.63, 3.8) is 0 Å². The summed E-state index contributed by atoms with van der Waals surface area (Å²) in [5, 5.41) is 8.47. The molecule has 2 aromatic heterocycles. The number of ether oxygens (including phenoxy) is 1. The van der Waals surface area contributed by atoms with E-state index in [1.165, 1.54) is 12.8 Å². The molecule has 2 saturated carbocycles. The molecular weight excluding hydrogens is 332 g/mol. The molecule has 0 radical (unpaired) electrons. The number of rotatable bonds is 7. The van der Waals surface area contributed by atoms with Crippen molar-refractivity contribution >= 4 is 5.91 Å². The van der Waals surface area contributed by atoms with E-state index < -0.39 is 0 Å². The van der Waals surface area contributed by atoms with E-state index in [1.54, 1.807) is 0 Å². The molecule has 2 aliphatic carbocycles. The monoisotopic (exact) mass is 356 g/mol. The van der Waals surface area contributed by atoms with Crippen molar-refractivity contribution in [3.05, 3.63) is 35.5 Å². The fraction of sp³-hybridized carbons (Fsp3) is 0.632. The summed E-state index contributed by atoms with van der Waals surface area (Å²) in [6.45, 7) is 2.76. The lowest BCUT2D eigenvalue weighted by Gasteiger charge is -2.33. The lowest BCUT2D eigenvalue weighted by molar-refractivity contribution is 0.0601. The van der Waals surface area contributed by atoms with Gasteiger partial charge in [-0.05, 0) is 44.1 Å². The molecule has 1 atom stereocenters. The van der Waals surface area contributed by atoms with Crippen molar-refractivity contribution in [1.29, 1.82) is 0 Å². The van der Waals surface area contributed by atoms with Gasteiger partial charge in [0.15, 0.2) is 5.69 Å². The summed E-state index contributed by atoms with van der Waals surface area (Å²) in [4.78, 5) is 14.8. The number of nitrogens with zero attached hydrogens (tertiary/aromatic N) is 4. The maximum atomic E-state index is 12.9. The SMILES string of the molecule is O=C(c1cc(C2CC2)on1)N1Cc2ccnn2[C@@H](CCOCC2CC2)C1. The first-order valence-corrected chi connectivity index (χ1v) is 9.64. The summed E-state index contributed by atoms with van der Waals surface area (Å²) in [5.74, 6) is 2.02. The van der Waals surface area contributed by atoms with Crippen molar-refractivity contribution in [2.45, 2.75) is 50.6 Å². The van der Waals surface area contributed by atoms with Crippen LogP contribution in [0.2, 0.25) is 0 Å². The fourth-order valence-electron chi connectivity index (χ4n) is 3.62. The highest BCUT2D eigenvalue weighted by atomic mass is 16.5. The molecule has 2 aromatic rings. The molecule has 0 unspecified atom stereocenters. The van der Waals surface area contributed by atoms with Gasteiger partial charge in [0.05, 0.1) is 18.3 Å². The van der Waals surface area contributed by atoms with Gasteiger partial charge in [0.1, 0.15) is 5.76 Å². The first-order chi connectivity index (χ1) is 12.8. The van der Waals surface area contributed by atoms with Crippen LogP contribution in [0, 0.1) is 5.92 Å². The quantitative estimate of drug-likeness (QED) is 0.713. The average Bonchev–Trinajstić information content (AvgIpc) is 3.57. The molecule has 1 amide bonds. The third-order valence-corrected chi connectivity index (χ3v) is 5.54. The predicted molar refractivity (Wildman–Crippen MR) is 92.6 cm³/mol. The Hall–Kier alpha value is -2.15. The molecule has 2 fully saturated rings. The van der Waals surface area contributed by atoms with E-state index in [1.807, 2.05) is 27.9 Å². The molecule has 138 valence electrons. The van der Waals surface area contributed by atoms with E-state index in [0.717, 1.165) is 43.2 Å². The van der Waals surface area contributed by atoms with Gasteiger partial charge < -0.3 is 14.2 Å². The largest absolute Gasteiger partial charge is 0.381 e. The van der Waals surface area contributed by atoms with Crippen LogP contribution >= 0.6 is 0 Å². The predicted octanol–water partition coefficient (Wildman–Crippen LogP) is 2.76. The van der Waals surface area contributed by atoms with Crippen LogP contribution in [-0.2, 0) is 11.3 Å². The van der Waals surface area contributed by atoms with E-state index in [-0.39, 0.29) is 11.9 Å². The Morgan fingerprint density at radius 3 is 3.00 bits per heavy atom. The Balaban J connectivity index is 1.26. The van der Waals surface area contributed by atoms with Crippen molar-refractivity contribution in [2.24, 2.45) is 5.92 Å². The summed E-state index contributed by atoms with van der Waals surface area (Å²) in [5.41, 5.74) is 1.48. The van der Waals surface area contributed by atoms with Gasteiger partial charge in [0.2, 0.25) is 0 Å². The molecule has 0 aromatic carbocycles. The van der Waals surface area contributed by atoms with E-state index in [0.29, 0.717) is 31.3 Å². The number of carbonyl (C=O) groups is 1. The number of hydrogen-bond acceptors (Lipinski definition) is 5. The second kappa shape index (κ2) is 6.54. The number of aromatic nitrogens is 3. The van der Waals surface area contributed by atoms with Gasteiger partial charge in [-0.3, -0.25) is 9.48 Å². The summed E-state index contributed by atoms with van der Waals surface area (Å²) in [6.07, 6.45) is 7.54. The van der Waals surface area contributed by atoms with Crippen molar-refractivity contribution in [2.75, 3.05) is 19.8 Å². The van der Waals surface area contributed by atoms with Crippen LogP contribution in [0.4, 0.5) is 0 Å². The molecule has 26 heavy (non-hydrogen) atoms. The Bertz CT molecular complexity index is 790. The van der Waals surface area contributed by atoms with Gasteiger partial charge >= 0.3 is 0 Å². The third kappa shape index (κ3) is 3.28. The molecule has 5 rings (SSSR count). The molecular formula is C19H24N4O3. The Morgan fingerprint density at radius 1 is 1.31 bits per heavy atom. The first-order valence-electron chi connectivity index (χ1n) is 9.64. The molecule has 0 N–H and O–H groups in total. The van der Waals surface area contributed by atoms with Crippen molar-refractivity contribution < 1.29 is 14.1 Å². The lowest BCUT2D eigenvalue weighted by Crippen LogP contribution is -2.41. The molecule has 7 heteroatoms. The maximum Gasteiger partial charge on any atom is 0.276 e. The Morgan fingerprint density at radius 2 is 2.19 bits per heavy atom. The number of amides is 1. The van der Waals surface area contributed by atoms with Gasteiger partial charge in [-0.2, -0.15) is 5.10 Å². The topological polar surface area (TPSA) is 73.4 Å². The highest BCUT2D eigenvalue weighted by Gasteiger charge is 2.33. The molecule has 0 bridgehead atoms. The first kappa shape index (κ1) is 16.1. The van der Waals surface area contributed by atoms with Crippen LogP contribution in [0.1, 0.15) is 66.0 Å². The summed E-state index contributed by atoms with van der Waals surface area (Å²) in [7, 11) is 0. The lowest BCUT2D eigenvalue weighted by atomic mass is 10.1. The van der Waals surface area contributed by atoms with E-state index in [9.17, 15) is 4.79 Å². The Labute approximate surface area is 152 Å². The van der Waals surface area contributed by atoms with E-state index >= 15 is 0 Å². The van der Waals surface area contributed by atoms with Crippen LogP contribution < -0.4 is 0 Å². The standard InChI is InChI=1S/C19H24N4O3/c24-19(17-9-18(26-21-17)14-3-4-14)22-10-15-5-7-20-23(15)16(11-22)6-8-25-12-13-1-2-13/h5,7,9,13-14,16H,1-4,6,8,10-12H2/t16-/m0/s1. The summed E-state index contributed by atoms with van der Waals surface area (Å²) in [6, 6.07) is 3.95. The summed E-state index contributed by atoms with van der Waals surface area (Å²) < 4.78 is 13.2. The Kier molecular flexibility index (Phi) is 4.04. The van der Waals surface area contributed by atoms with Crippen LogP contribution in [0.5, 0.6) is 0 Å². The average molecular weight is 356 g/mol. The minimum atomic E-state index is -0.0583. The number of fused-ring (bicyclic) bond motifs is 1. The second-order valence-electron chi connectivity index (χ2n) is 7.80. The third-order valence-electron chi connectivity index (χ3n) is 5.54. The zero-order valence-electron chi connectivity index (χ0n) is 14.8. The van der Waals surface area contributed by atoms with Crippen LogP contribution in [-0.4, -0.2) is 45.5 Å². The fourth-order valence-corrected chi connectivity index (χ4v) is 3.62. The zero-order chi connectivity index (χ0) is 17.5. The van der Waals surface area contributed by atoms with Gasteiger partial charge in [0, 0.05) is 37.9 Å². The highest BCUT2D eigenvalue weighted by Crippen LogP contribution is 2.40. The van der Waals surface area contributed by atoms with Gasteiger partial charge in [-0.25, -0.2) is 0 Å². The summed E-state index contributed by atoms with van der Waals surface area (Å²) >= 11 is 0. The molecule has 3 aliphatic rings. The molecule has 3 heterocycles. The van der Waals surface area contributed by atoms with E-state index in [2.05, 4.69) is 10.3 Å². The van der Waals surface area contributed by atoms with Crippen molar-refractivity contribution in [3.8, 4) is 0 Å². The molecule has 7 nitrogen and oxygen atoms in total. The van der Waals surface area contributed by atoms with Gasteiger partial charge in [-0.15, -0.1) is 0 Å². The number of hydrogen-bond donors (Lipinski definition) is 0. The highest BCUT2D eigenvalue weighted by molar-refractivity contribution is 5.92. The van der Waals surface area contributed by atoms with Crippen LogP contribution in [0.15, 0.2) is 22.9 Å². The minimum absolute atomic E-state index is 0.0583. The molecule has 1 aliphatic heterocycles. The maximum absolute atomic E-state index is 12.9. The van der Waals surface area contributed by atoms with Crippen LogP contribution in [0.3, 0.4) is 0 Å².